The number of amides is 1. The minimum absolute atomic E-state index is 0.0171. The highest BCUT2D eigenvalue weighted by Crippen LogP contribution is 2.30. The molecule has 0 aliphatic rings. The summed E-state index contributed by atoms with van der Waals surface area (Å²) in [7, 11) is 1.75. The van der Waals surface area contributed by atoms with Gasteiger partial charge in [0.05, 0.1) is 11.1 Å². The van der Waals surface area contributed by atoms with Crippen molar-refractivity contribution in [2.45, 2.75) is 13.8 Å². The van der Waals surface area contributed by atoms with Gasteiger partial charge in [-0.15, -0.1) is 0 Å². The third-order valence-corrected chi connectivity index (χ3v) is 3.22. The maximum Gasteiger partial charge on any atom is 0.233 e. The zero-order valence-electron chi connectivity index (χ0n) is 10.9. The molecule has 0 spiro atoms. The molecule has 2 rings (SSSR count). The molecular formula is C14H18N2O2. The first-order valence-electron chi connectivity index (χ1n) is 5.92. The quantitative estimate of drug-likeness (QED) is 0.904. The fourth-order valence-electron chi connectivity index (χ4n) is 1.87. The van der Waals surface area contributed by atoms with Crippen molar-refractivity contribution in [1.29, 1.82) is 0 Å². The van der Waals surface area contributed by atoms with Crippen molar-refractivity contribution in [3.05, 3.63) is 30.5 Å². The number of benzene rings is 1. The molecule has 0 aliphatic carbocycles. The first-order chi connectivity index (χ1) is 8.47. The van der Waals surface area contributed by atoms with E-state index < -0.39 is 5.41 Å². The molecule has 0 unspecified atom stereocenters. The zero-order chi connectivity index (χ0) is 13.3. The molecule has 0 fully saturated rings. The van der Waals surface area contributed by atoms with Gasteiger partial charge < -0.3 is 15.1 Å². The average molecular weight is 246 g/mol. The van der Waals surface area contributed by atoms with Crippen LogP contribution in [0.25, 0.3) is 11.0 Å². The Labute approximate surface area is 106 Å². The van der Waals surface area contributed by atoms with Gasteiger partial charge in [-0.1, -0.05) is 12.1 Å². The Balaban J connectivity index is 2.40. The number of furan rings is 1. The summed E-state index contributed by atoms with van der Waals surface area (Å²) in [4.78, 5) is 14.0. The van der Waals surface area contributed by atoms with E-state index in [2.05, 4.69) is 0 Å². The van der Waals surface area contributed by atoms with Gasteiger partial charge in [0.15, 0.2) is 0 Å². The van der Waals surface area contributed by atoms with E-state index in [-0.39, 0.29) is 5.91 Å². The van der Waals surface area contributed by atoms with Gasteiger partial charge in [-0.25, -0.2) is 0 Å². The average Bonchev–Trinajstić information content (AvgIpc) is 2.80. The standard InChI is InChI=1S/C14H18N2O2/c1-14(2,9-15)13(17)16(3)11-8-18-12-7-5-4-6-10(11)12/h4-8H,9,15H2,1-3H3. The fourth-order valence-corrected chi connectivity index (χ4v) is 1.87. The molecule has 1 aromatic carbocycles. The van der Waals surface area contributed by atoms with Gasteiger partial charge in [-0.2, -0.15) is 0 Å². The summed E-state index contributed by atoms with van der Waals surface area (Å²) in [6.45, 7) is 3.99. The van der Waals surface area contributed by atoms with E-state index in [4.69, 9.17) is 10.2 Å². The molecule has 0 saturated heterocycles. The highest BCUT2D eigenvalue weighted by molar-refractivity contribution is 6.04. The van der Waals surface area contributed by atoms with Gasteiger partial charge in [-0.05, 0) is 26.0 Å². The molecule has 1 aromatic heterocycles. The zero-order valence-corrected chi connectivity index (χ0v) is 10.9. The lowest BCUT2D eigenvalue weighted by Gasteiger charge is -2.27. The van der Waals surface area contributed by atoms with Crippen molar-refractivity contribution in [2.24, 2.45) is 11.1 Å². The molecule has 4 nitrogen and oxygen atoms in total. The van der Waals surface area contributed by atoms with Crippen LogP contribution in [0.5, 0.6) is 0 Å². The molecule has 0 aliphatic heterocycles. The first kappa shape index (κ1) is 12.6. The van der Waals surface area contributed by atoms with Gasteiger partial charge in [0.2, 0.25) is 5.91 Å². The lowest BCUT2D eigenvalue weighted by atomic mass is 9.92. The predicted molar refractivity (Wildman–Crippen MR) is 72.5 cm³/mol. The SMILES string of the molecule is CN(C(=O)C(C)(C)CN)c1coc2ccccc12. The third kappa shape index (κ3) is 1.99. The Bertz CT molecular complexity index is 572. The van der Waals surface area contributed by atoms with Crippen molar-refractivity contribution in [1.82, 2.24) is 0 Å². The number of fused-ring (bicyclic) bond motifs is 1. The molecular weight excluding hydrogens is 228 g/mol. The molecule has 4 heteroatoms. The Morgan fingerprint density at radius 1 is 1.39 bits per heavy atom. The molecule has 2 aromatic rings. The van der Waals surface area contributed by atoms with E-state index in [0.29, 0.717) is 6.54 Å². The number of para-hydroxylation sites is 1. The first-order valence-corrected chi connectivity index (χ1v) is 5.92. The largest absolute Gasteiger partial charge is 0.462 e. The molecule has 0 atom stereocenters. The van der Waals surface area contributed by atoms with Crippen LogP contribution in [0, 0.1) is 5.41 Å². The molecule has 0 saturated carbocycles. The second-order valence-electron chi connectivity index (χ2n) is 5.07. The number of anilines is 1. The predicted octanol–water partition coefficient (Wildman–Crippen LogP) is 2.38. The maximum atomic E-state index is 12.3. The van der Waals surface area contributed by atoms with E-state index in [1.807, 2.05) is 38.1 Å². The van der Waals surface area contributed by atoms with Crippen LogP contribution in [0.4, 0.5) is 5.69 Å². The minimum atomic E-state index is -0.576. The number of carbonyl (C=O) groups is 1. The van der Waals surface area contributed by atoms with E-state index in [0.717, 1.165) is 16.7 Å². The Hall–Kier alpha value is -1.81. The van der Waals surface area contributed by atoms with E-state index >= 15 is 0 Å². The van der Waals surface area contributed by atoms with Crippen molar-refractivity contribution < 1.29 is 9.21 Å². The van der Waals surface area contributed by atoms with E-state index in [1.54, 1.807) is 18.2 Å². The summed E-state index contributed by atoms with van der Waals surface area (Å²) in [5.41, 5.74) is 6.61. The van der Waals surface area contributed by atoms with Gasteiger partial charge in [-0.3, -0.25) is 4.79 Å². The molecule has 1 amide bonds. The topological polar surface area (TPSA) is 59.5 Å². The number of nitrogens with zero attached hydrogens (tertiary/aromatic N) is 1. The second kappa shape index (κ2) is 4.46. The van der Waals surface area contributed by atoms with Crippen molar-refractivity contribution in [3.8, 4) is 0 Å². The summed E-state index contributed by atoms with van der Waals surface area (Å²) < 4.78 is 5.44. The Morgan fingerprint density at radius 2 is 2.06 bits per heavy atom. The summed E-state index contributed by atoms with van der Waals surface area (Å²) in [5.74, 6) is -0.0171. The number of nitrogens with two attached hydrogens (primary N) is 1. The van der Waals surface area contributed by atoms with Crippen LogP contribution in [0.15, 0.2) is 34.9 Å². The second-order valence-corrected chi connectivity index (χ2v) is 5.07. The molecule has 0 radical (unpaired) electrons. The number of rotatable bonds is 3. The van der Waals surface area contributed by atoms with Crippen LogP contribution in [0.3, 0.4) is 0 Å². The summed E-state index contributed by atoms with van der Waals surface area (Å²) in [6.07, 6.45) is 1.61. The van der Waals surface area contributed by atoms with Crippen molar-refractivity contribution in [2.75, 3.05) is 18.5 Å². The lowest BCUT2D eigenvalue weighted by molar-refractivity contribution is -0.125. The highest BCUT2D eigenvalue weighted by Gasteiger charge is 2.30. The Morgan fingerprint density at radius 3 is 2.72 bits per heavy atom. The fraction of sp³-hybridized carbons (Fsp3) is 0.357. The van der Waals surface area contributed by atoms with Crippen LogP contribution in [0.1, 0.15) is 13.8 Å². The third-order valence-electron chi connectivity index (χ3n) is 3.22. The van der Waals surface area contributed by atoms with Crippen LogP contribution >= 0.6 is 0 Å². The van der Waals surface area contributed by atoms with Crippen LogP contribution in [-0.2, 0) is 4.79 Å². The summed E-state index contributed by atoms with van der Waals surface area (Å²) in [5, 5.41) is 0.932. The number of hydrogen-bond acceptors (Lipinski definition) is 3. The Kier molecular flexibility index (Phi) is 3.13. The van der Waals surface area contributed by atoms with E-state index in [1.165, 1.54) is 0 Å². The molecule has 1 heterocycles. The van der Waals surface area contributed by atoms with Gasteiger partial charge in [0.1, 0.15) is 11.8 Å². The molecule has 96 valence electrons. The van der Waals surface area contributed by atoms with Crippen molar-refractivity contribution in [3.63, 3.8) is 0 Å². The molecule has 18 heavy (non-hydrogen) atoms. The van der Waals surface area contributed by atoms with Gasteiger partial charge in [0.25, 0.3) is 0 Å². The summed E-state index contributed by atoms with van der Waals surface area (Å²) >= 11 is 0. The van der Waals surface area contributed by atoms with Crippen LogP contribution < -0.4 is 10.6 Å². The van der Waals surface area contributed by atoms with Crippen LogP contribution in [-0.4, -0.2) is 19.5 Å². The van der Waals surface area contributed by atoms with Crippen LogP contribution in [0.2, 0.25) is 0 Å². The molecule has 0 bridgehead atoms. The molecule has 2 N–H and O–H groups in total. The summed E-state index contributed by atoms with van der Waals surface area (Å²) in [6, 6.07) is 7.65. The number of carbonyl (C=O) groups excluding carboxylic acids is 1. The smallest absolute Gasteiger partial charge is 0.233 e. The normalized spacial score (nSPS) is 11.8. The van der Waals surface area contributed by atoms with E-state index in [9.17, 15) is 4.79 Å². The lowest BCUT2D eigenvalue weighted by Crippen LogP contribution is -2.42. The monoisotopic (exact) mass is 246 g/mol. The minimum Gasteiger partial charge on any atom is -0.462 e. The van der Waals surface area contributed by atoms with Crippen molar-refractivity contribution >= 4 is 22.6 Å². The maximum absolute atomic E-state index is 12.3. The van der Waals surface area contributed by atoms with Gasteiger partial charge in [0, 0.05) is 19.0 Å². The highest BCUT2D eigenvalue weighted by atomic mass is 16.3. The number of hydrogen-bond donors (Lipinski definition) is 1. The van der Waals surface area contributed by atoms with Gasteiger partial charge >= 0.3 is 0 Å².